The number of aromatic nitrogens is 2. The highest BCUT2D eigenvalue weighted by molar-refractivity contribution is 5.79. The molecular weight excluding hydrogens is 202 g/mol. The second-order valence-electron chi connectivity index (χ2n) is 4.57. The summed E-state index contributed by atoms with van der Waals surface area (Å²) in [6, 6.07) is 0.0173. The van der Waals surface area contributed by atoms with Crippen molar-refractivity contribution in [3.05, 3.63) is 18.2 Å². The van der Waals surface area contributed by atoms with Crippen molar-refractivity contribution >= 4 is 5.91 Å². The van der Waals surface area contributed by atoms with Gasteiger partial charge in [-0.1, -0.05) is 13.8 Å². The lowest BCUT2D eigenvalue weighted by molar-refractivity contribution is -0.125. The third-order valence-electron chi connectivity index (χ3n) is 3.32. The summed E-state index contributed by atoms with van der Waals surface area (Å²) >= 11 is 0. The molecule has 2 atom stereocenters. The molecule has 2 N–H and O–H groups in total. The first-order valence-electron chi connectivity index (χ1n) is 6.02. The minimum atomic E-state index is 0.0173. The number of nitrogens with one attached hydrogen (secondary N) is 2. The van der Waals surface area contributed by atoms with E-state index in [2.05, 4.69) is 22.2 Å². The minimum absolute atomic E-state index is 0.0173. The van der Waals surface area contributed by atoms with Crippen molar-refractivity contribution in [3.63, 3.8) is 0 Å². The number of carbonyl (C=O) groups is 1. The quantitative estimate of drug-likeness (QED) is 0.799. The maximum absolute atomic E-state index is 11.9. The van der Waals surface area contributed by atoms with E-state index < -0.39 is 0 Å². The van der Waals surface area contributed by atoms with E-state index in [0.29, 0.717) is 5.92 Å². The summed E-state index contributed by atoms with van der Waals surface area (Å²) in [5.41, 5.74) is 0. The second-order valence-corrected chi connectivity index (χ2v) is 4.57. The number of hydrogen-bond donors (Lipinski definition) is 2. The second kappa shape index (κ2) is 4.68. The maximum atomic E-state index is 11.9. The van der Waals surface area contributed by atoms with Gasteiger partial charge in [0, 0.05) is 18.3 Å². The zero-order chi connectivity index (χ0) is 11.5. The molecule has 16 heavy (non-hydrogen) atoms. The lowest BCUT2D eigenvalue weighted by Gasteiger charge is -2.17. The highest BCUT2D eigenvalue weighted by Crippen LogP contribution is 2.36. The summed E-state index contributed by atoms with van der Waals surface area (Å²) in [4.78, 5) is 19.2. The van der Waals surface area contributed by atoms with E-state index in [-0.39, 0.29) is 17.9 Å². The molecule has 0 aliphatic heterocycles. The molecule has 0 saturated heterocycles. The van der Waals surface area contributed by atoms with Crippen LogP contribution in [0.15, 0.2) is 12.4 Å². The molecule has 1 saturated carbocycles. The molecule has 2 unspecified atom stereocenters. The zero-order valence-corrected chi connectivity index (χ0v) is 9.86. The van der Waals surface area contributed by atoms with E-state index >= 15 is 0 Å². The molecule has 1 aliphatic carbocycles. The standard InChI is InChI=1S/C12H19N3O/c1-3-10(11-13-6-7-14-11)15-12(16)8(2)9-4-5-9/h6-10H,3-5H2,1-2H3,(H,13,14)(H,15,16). The molecule has 1 aliphatic rings. The van der Waals surface area contributed by atoms with Gasteiger partial charge in [0.05, 0.1) is 6.04 Å². The third kappa shape index (κ3) is 2.43. The highest BCUT2D eigenvalue weighted by Gasteiger charge is 2.33. The van der Waals surface area contributed by atoms with E-state index in [1.807, 2.05) is 6.92 Å². The van der Waals surface area contributed by atoms with Gasteiger partial charge < -0.3 is 10.3 Å². The number of aromatic amines is 1. The summed E-state index contributed by atoms with van der Waals surface area (Å²) in [5, 5.41) is 3.06. The molecule has 1 aromatic heterocycles. The average molecular weight is 221 g/mol. The van der Waals surface area contributed by atoms with E-state index in [1.54, 1.807) is 12.4 Å². The van der Waals surface area contributed by atoms with Gasteiger partial charge in [-0.05, 0) is 25.2 Å². The Balaban J connectivity index is 1.93. The number of rotatable bonds is 5. The van der Waals surface area contributed by atoms with Crippen LogP contribution in [0, 0.1) is 11.8 Å². The molecule has 1 amide bonds. The normalized spacial score (nSPS) is 19.1. The molecule has 0 spiro atoms. The Morgan fingerprint density at radius 3 is 2.94 bits per heavy atom. The van der Waals surface area contributed by atoms with E-state index in [1.165, 1.54) is 12.8 Å². The topological polar surface area (TPSA) is 57.8 Å². The Bertz CT molecular complexity index is 343. The van der Waals surface area contributed by atoms with Crippen molar-refractivity contribution in [1.82, 2.24) is 15.3 Å². The summed E-state index contributed by atoms with van der Waals surface area (Å²) in [6.45, 7) is 4.07. The Hall–Kier alpha value is -1.32. The number of imidazole rings is 1. The van der Waals surface area contributed by atoms with Crippen molar-refractivity contribution in [2.24, 2.45) is 11.8 Å². The maximum Gasteiger partial charge on any atom is 0.223 e. The number of amides is 1. The van der Waals surface area contributed by atoms with Crippen molar-refractivity contribution in [2.45, 2.75) is 39.2 Å². The fourth-order valence-electron chi connectivity index (χ4n) is 1.95. The number of hydrogen-bond acceptors (Lipinski definition) is 2. The largest absolute Gasteiger partial charge is 0.347 e. The van der Waals surface area contributed by atoms with Crippen LogP contribution >= 0.6 is 0 Å². The highest BCUT2D eigenvalue weighted by atomic mass is 16.1. The van der Waals surface area contributed by atoms with Crippen molar-refractivity contribution < 1.29 is 4.79 Å². The van der Waals surface area contributed by atoms with Gasteiger partial charge in [-0.3, -0.25) is 4.79 Å². The van der Waals surface area contributed by atoms with Gasteiger partial charge in [0.15, 0.2) is 0 Å². The van der Waals surface area contributed by atoms with E-state index in [9.17, 15) is 4.79 Å². The molecule has 0 bridgehead atoms. The Kier molecular flexibility index (Phi) is 3.27. The molecule has 0 radical (unpaired) electrons. The van der Waals surface area contributed by atoms with Crippen LogP contribution in [0.2, 0.25) is 0 Å². The van der Waals surface area contributed by atoms with Crippen LogP contribution in [0.5, 0.6) is 0 Å². The molecule has 88 valence electrons. The Labute approximate surface area is 95.9 Å². The van der Waals surface area contributed by atoms with Crippen LogP contribution in [0.25, 0.3) is 0 Å². The Morgan fingerprint density at radius 2 is 2.44 bits per heavy atom. The number of carbonyl (C=O) groups excluding carboxylic acids is 1. The lowest BCUT2D eigenvalue weighted by atomic mass is 10.0. The Morgan fingerprint density at radius 1 is 1.69 bits per heavy atom. The van der Waals surface area contributed by atoms with Crippen LogP contribution in [-0.2, 0) is 4.79 Å². The summed E-state index contributed by atoms with van der Waals surface area (Å²) < 4.78 is 0. The number of H-pyrrole nitrogens is 1. The van der Waals surface area contributed by atoms with Gasteiger partial charge >= 0.3 is 0 Å². The molecule has 1 aromatic rings. The van der Waals surface area contributed by atoms with Gasteiger partial charge in [0.1, 0.15) is 5.82 Å². The van der Waals surface area contributed by atoms with Gasteiger partial charge in [0.2, 0.25) is 5.91 Å². The van der Waals surface area contributed by atoms with E-state index in [0.717, 1.165) is 12.2 Å². The van der Waals surface area contributed by atoms with Crippen LogP contribution < -0.4 is 5.32 Å². The van der Waals surface area contributed by atoms with E-state index in [4.69, 9.17) is 0 Å². The molecule has 4 nitrogen and oxygen atoms in total. The minimum Gasteiger partial charge on any atom is -0.347 e. The van der Waals surface area contributed by atoms with Gasteiger partial charge in [-0.15, -0.1) is 0 Å². The first kappa shape index (κ1) is 11.2. The third-order valence-corrected chi connectivity index (χ3v) is 3.32. The van der Waals surface area contributed by atoms with Crippen LogP contribution in [-0.4, -0.2) is 15.9 Å². The molecule has 0 aromatic carbocycles. The fourth-order valence-corrected chi connectivity index (χ4v) is 1.95. The van der Waals surface area contributed by atoms with Crippen LogP contribution in [0.1, 0.15) is 45.0 Å². The predicted molar refractivity (Wildman–Crippen MR) is 61.7 cm³/mol. The molecule has 1 heterocycles. The van der Waals surface area contributed by atoms with Crippen molar-refractivity contribution in [2.75, 3.05) is 0 Å². The zero-order valence-electron chi connectivity index (χ0n) is 9.86. The summed E-state index contributed by atoms with van der Waals surface area (Å²) in [5.74, 6) is 1.75. The molecule has 4 heteroatoms. The fraction of sp³-hybridized carbons (Fsp3) is 0.667. The summed E-state index contributed by atoms with van der Waals surface area (Å²) in [7, 11) is 0. The SMILES string of the molecule is CCC(NC(=O)C(C)C1CC1)c1ncc[nH]1. The van der Waals surface area contributed by atoms with Gasteiger partial charge in [-0.2, -0.15) is 0 Å². The molecule has 1 fully saturated rings. The van der Waals surface area contributed by atoms with Crippen molar-refractivity contribution in [3.8, 4) is 0 Å². The van der Waals surface area contributed by atoms with Crippen LogP contribution in [0.4, 0.5) is 0 Å². The lowest BCUT2D eigenvalue weighted by Crippen LogP contribution is -2.34. The van der Waals surface area contributed by atoms with Crippen molar-refractivity contribution in [1.29, 1.82) is 0 Å². The number of nitrogens with zero attached hydrogens (tertiary/aromatic N) is 1. The predicted octanol–water partition coefficient (Wildman–Crippen LogP) is 2.02. The van der Waals surface area contributed by atoms with Gasteiger partial charge in [-0.25, -0.2) is 4.98 Å². The molecule has 2 rings (SSSR count). The average Bonchev–Trinajstić information content (AvgIpc) is 3.00. The molecular formula is C12H19N3O. The van der Waals surface area contributed by atoms with Gasteiger partial charge in [0.25, 0.3) is 0 Å². The monoisotopic (exact) mass is 221 g/mol. The smallest absolute Gasteiger partial charge is 0.223 e. The van der Waals surface area contributed by atoms with Crippen LogP contribution in [0.3, 0.4) is 0 Å². The first-order chi connectivity index (χ1) is 7.72. The first-order valence-corrected chi connectivity index (χ1v) is 6.02. The summed E-state index contributed by atoms with van der Waals surface area (Å²) in [6.07, 6.45) is 6.76.